The van der Waals surface area contributed by atoms with Crippen LogP contribution in [-0.2, 0) is 4.79 Å². The first kappa shape index (κ1) is 24.5. The predicted molar refractivity (Wildman–Crippen MR) is 145 cm³/mol. The Morgan fingerprint density at radius 1 is 0.914 bits per heavy atom. The number of rotatable bonds is 3. The summed E-state index contributed by atoms with van der Waals surface area (Å²) in [5, 5.41) is 0.673. The smallest absolute Gasteiger partial charge is 0.240 e. The number of aliphatic imine (C=N–C) groups is 1. The lowest BCUT2D eigenvalue weighted by molar-refractivity contribution is -0.130. The van der Waals surface area contributed by atoms with E-state index in [-0.39, 0.29) is 11.9 Å². The quantitative estimate of drug-likeness (QED) is 0.534. The number of amides is 1. The van der Waals surface area contributed by atoms with Gasteiger partial charge in [-0.25, -0.2) is 4.99 Å². The van der Waals surface area contributed by atoms with Crippen molar-refractivity contribution in [2.24, 2.45) is 10.4 Å². The largest absolute Gasteiger partial charge is 0.304 e. The molecule has 5 rings (SSSR count). The van der Waals surface area contributed by atoms with Gasteiger partial charge in [-0.05, 0) is 76.1 Å². The Balaban J connectivity index is 1.71. The van der Waals surface area contributed by atoms with Gasteiger partial charge < -0.3 is 4.90 Å². The Hall–Kier alpha value is -2.21. The van der Waals surface area contributed by atoms with E-state index in [9.17, 15) is 4.79 Å². The third-order valence-electron chi connectivity index (χ3n) is 8.22. The third kappa shape index (κ3) is 4.43. The molecular formula is C29H37ClN4O. The van der Waals surface area contributed by atoms with Gasteiger partial charge in [0, 0.05) is 31.2 Å². The fraction of sp³-hybridized carbons (Fsp3) is 0.517. The summed E-state index contributed by atoms with van der Waals surface area (Å²) in [6.45, 7) is 10.3. The summed E-state index contributed by atoms with van der Waals surface area (Å²) in [5.41, 5.74) is 4.98. The van der Waals surface area contributed by atoms with Crippen LogP contribution in [0.15, 0.2) is 41.4 Å². The van der Waals surface area contributed by atoms with Crippen LogP contribution in [0.4, 0.5) is 11.4 Å². The van der Waals surface area contributed by atoms with Crippen LogP contribution in [-0.4, -0.2) is 60.8 Å². The van der Waals surface area contributed by atoms with Gasteiger partial charge in [0.1, 0.15) is 5.84 Å². The van der Waals surface area contributed by atoms with Crippen LogP contribution < -0.4 is 4.90 Å². The topological polar surface area (TPSA) is 39.1 Å². The number of nitrogens with zero attached hydrogens (tertiary/aromatic N) is 4. The molecule has 2 aromatic rings. The molecule has 2 saturated heterocycles. The molecule has 3 fully saturated rings. The van der Waals surface area contributed by atoms with Crippen LogP contribution in [0.5, 0.6) is 0 Å². The van der Waals surface area contributed by atoms with E-state index < -0.39 is 5.41 Å². The summed E-state index contributed by atoms with van der Waals surface area (Å²) in [4.78, 5) is 26.7. The van der Waals surface area contributed by atoms with Crippen molar-refractivity contribution in [1.29, 1.82) is 0 Å². The molecule has 2 aromatic carbocycles. The SMILES string of the molecule is Cc1cc(C)c(N=C2[C@H](N3CCN(C)CC3)C3(CCCCC3)C(=O)N2c2ccc(Cl)cc2)c(C)c1. The van der Waals surface area contributed by atoms with Crippen LogP contribution in [0.2, 0.25) is 5.02 Å². The first-order valence-electron chi connectivity index (χ1n) is 13.0. The van der Waals surface area contributed by atoms with Crippen LogP contribution in [0.3, 0.4) is 0 Å². The highest BCUT2D eigenvalue weighted by molar-refractivity contribution is 6.31. The summed E-state index contributed by atoms with van der Waals surface area (Å²) < 4.78 is 0. The molecule has 0 radical (unpaired) electrons. The molecule has 0 bridgehead atoms. The van der Waals surface area contributed by atoms with Gasteiger partial charge in [0.05, 0.1) is 22.8 Å². The maximum atomic E-state index is 14.5. The molecule has 0 N–H and O–H groups in total. The summed E-state index contributed by atoms with van der Waals surface area (Å²) in [5.74, 6) is 1.10. The van der Waals surface area contributed by atoms with Crippen molar-refractivity contribution >= 4 is 34.7 Å². The molecule has 5 nitrogen and oxygen atoms in total. The minimum Gasteiger partial charge on any atom is -0.304 e. The fourth-order valence-electron chi connectivity index (χ4n) is 6.49. The highest BCUT2D eigenvalue weighted by Crippen LogP contribution is 2.50. The third-order valence-corrected chi connectivity index (χ3v) is 8.47. The van der Waals surface area contributed by atoms with E-state index in [2.05, 4.69) is 49.8 Å². The Morgan fingerprint density at radius 3 is 2.11 bits per heavy atom. The van der Waals surface area contributed by atoms with Gasteiger partial charge in [0.25, 0.3) is 0 Å². The van der Waals surface area contributed by atoms with E-state index in [1.807, 2.05) is 29.2 Å². The molecule has 0 aromatic heterocycles. The van der Waals surface area contributed by atoms with Crippen molar-refractivity contribution in [2.45, 2.75) is 58.9 Å². The number of anilines is 1. The lowest BCUT2D eigenvalue weighted by atomic mass is 9.69. The number of hydrogen-bond donors (Lipinski definition) is 0. The number of piperazine rings is 1. The lowest BCUT2D eigenvalue weighted by Crippen LogP contribution is -2.57. The lowest BCUT2D eigenvalue weighted by Gasteiger charge is -2.44. The van der Waals surface area contributed by atoms with Crippen molar-refractivity contribution in [1.82, 2.24) is 9.80 Å². The maximum absolute atomic E-state index is 14.5. The van der Waals surface area contributed by atoms with E-state index in [0.29, 0.717) is 5.02 Å². The molecule has 1 spiro atoms. The molecule has 2 heterocycles. The van der Waals surface area contributed by atoms with Gasteiger partial charge >= 0.3 is 0 Å². The molecule has 3 aliphatic rings. The number of aryl methyl sites for hydroxylation is 3. The van der Waals surface area contributed by atoms with Crippen molar-refractivity contribution in [3.63, 3.8) is 0 Å². The first-order chi connectivity index (χ1) is 16.8. The van der Waals surface area contributed by atoms with Crippen LogP contribution in [0, 0.1) is 26.2 Å². The van der Waals surface area contributed by atoms with Gasteiger partial charge in [0.2, 0.25) is 5.91 Å². The molecule has 35 heavy (non-hydrogen) atoms. The molecule has 1 saturated carbocycles. The molecule has 186 valence electrons. The Kier molecular flexibility index (Phi) is 6.77. The number of benzene rings is 2. The van der Waals surface area contributed by atoms with Gasteiger partial charge in [-0.15, -0.1) is 0 Å². The fourth-order valence-corrected chi connectivity index (χ4v) is 6.62. The van der Waals surface area contributed by atoms with Crippen LogP contribution in [0.1, 0.15) is 48.8 Å². The van der Waals surface area contributed by atoms with Gasteiger partial charge in [-0.2, -0.15) is 0 Å². The Morgan fingerprint density at radius 2 is 1.51 bits per heavy atom. The zero-order valence-electron chi connectivity index (χ0n) is 21.5. The van der Waals surface area contributed by atoms with Crippen molar-refractivity contribution in [3.8, 4) is 0 Å². The molecule has 1 aliphatic carbocycles. The second-order valence-electron chi connectivity index (χ2n) is 10.8. The first-order valence-corrected chi connectivity index (χ1v) is 13.4. The second-order valence-corrected chi connectivity index (χ2v) is 11.2. The zero-order chi connectivity index (χ0) is 24.7. The predicted octanol–water partition coefficient (Wildman–Crippen LogP) is 5.91. The molecule has 2 aliphatic heterocycles. The average Bonchev–Trinajstić information content (AvgIpc) is 3.05. The van der Waals surface area contributed by atoms with E-state index >= 15 is 0 Å². The van der Waals surface area contributed by atoms with E-state index in [4.69, 9.17) is 16.6 Å². The number of carbonyl (C=O) groups is 1. The number of hydrogen-bond acceptors (Lipinski definition) is 4. The van der Waals surface area contributed by atoms with E-state index in [0.717, 1.165) is 80.2 Å². The van der Waals surface area contributed by atoms with Gasteiger partial charge in [-0.1, -0.05) is 48.6 Å². The normalized spacial score (nSPS) is 24.6. The monoisotopic (exact) mass is 492 g/mol. The van der Waals surface area contributed by atoms with E-state index in [1.54, 1.807) is 0 Å². The molecule has 6 heteroatoms. The highest BCUT2D eigenvalue weighted by atomic mass is 35.5. The van der Waals surface area contributed by atoms with Crippen LogP contribution >= 0.6 is 11.6 Å². The Labute approximate surface area is 214 Å². The number of amidine groups is 1. The van der Waals surface area contributed by atoms with Crippen molar-refractivity contribution in [3.05, 3.63) is 58.1 Å². The molecule has 1 atom stereocenters. The highest BCUT2D eigenvalue weighted by Gasteiger charge is 2.60. The minimum absolute atomic E-state index is 0.0141. The summed E-state index contributed by atoms with van der Waals surface area (Å²) in [7, 11) is 2.18. The summed E-state index contributed by atoms with van der Waals surface area (Å²) >= 11 is 6.24. The number of likely N-dealkylation sites (N-methyl/N-ethyl adjacent to an activating group) is 1. The standard InChI is InChI=1S/C29H37ClN4O/c1-20-18-21(2)25(22(3)19-20)31-27-26(33-16-14-32(4)15-17-33)29(12-6-5-7-13-29)28(35)34(27)24-10-8-23(30)9-11-24/h8-11,18-19,26H,5-7,12-17H2,1-4H3/t26-/m0/s1. The van der Waals surface area contributed by atoms with Gasteiger partial charge in [-0.3, -0.25) is 14.6 Å². The zero-order valence-corrected chi connectivity index (χ0v) is 22.2. The van der Waals surface area contributed by atoms with E-state index in [1.165, 1.54) is 12.0 Å². The average molecular weight is 493 g/mol. The number of carbonyl (C=O) groups excluding carboxylic acids is 1. The molecular weight excluding hydrogens is 456 g/mol. The maximum Gasteiger partial charge on any atom is 0.240 e. The summed E-state index contributed by atoms with van der Waals surface area (Å²) in [6, 6.07) is 12.1. The second kappa shape index (κ2) is 9.68. The van der Waals surface area contributed by atoms with Crippen molar-refractivity contribution in [2.75, 3.05) is 38.1 Å². The van der Waals surface area contributed by atoms with Gasteiger partial charge in [0.15, 0.2) is 0 Å². The molecule has 0 unspecified atom stereocenters. The number of halogens is 1. The Bertz CT molecular complexity index is 1100. The van der Waals surface area contributed by atoms with Crippen molar-refractivity contribution < 1.29 is 4.79 Å². The molecule has 1 amide bonds. The minimum atomic E-state index is -0.418. The van der Waals surface area contributed by atoms with Crippen LogP contribution in [0.25, 0.3) is 0 Å². The summed E-state index contributed by atoms with van der Waals surface area (Å²) in [6.07, 6.45) is 5.25.